The third-order valence-corrected chi connectivity index (χ3v) is 3.16. The molecule has 2 heteroatoms. The van der Waals surface area contributed by atoms with Gasteiger partial charge in [-0.3, -0.25) is 0 Å². The topological polar surface area (TPSA) is 26.3 Å². The van der Waals surface area contributed by atoms with Gasteiger partial charge in [-0.2, -0.15) is 0 Å². The summed E-state index contributed by atoms with van der Waals surface area (Å²) in [7, 11) is 1.40. The van der Waals surface area contributed by atoms with Crippen LogP contribution in [-0.2, 0) is 4.74 Å². The maximum absolute atomic E-state index is 11.4. The lowest BCUT2D eigenvalue weighted by atomic mass is 9.90. The average molecular weight is 246 g/mol. The zero-order valence-electron chi connectivity index (χ0n) is 11.3. The third kappa shape index (κ3) is 4.02. The highest BCUT2D eigenvalue weighted by Gasteiger charge is 2.11. The van der Waals surface area contributed by atoms with Crippen LogP contribution in [0, 0.1) is 0 Å². The summed E-state index contributed by atoms with van der Waals surface area (Å²) in [5.74, 6) is 0.277. The first-order chi connectivity index (χ1) is 8.72. The maximum atomic E-state index is 11.4. The minimum absolute atomic E-state index is 0.278. The van der Waals surface area contributed by atoms with Crippen molar-refractivity contribution in [2.24, 2.45) is 0 Å². The summed E-state index contributed by atoms with van der Waals surface area (Å²) in [6, 6.07) is 7.76. The molecule has 1 unspecified atom stereocenters. The Kier molecular flexibility index (Phi) is 6.20. The monoisotopic (exact) mass is 246 g/mol. The van der Waals surface area contributed by atoms with Gasteiger partial charge in [0, 0.05) is 0 Å². The van der Waals surface area contributed by atoms with Crippen LogP contribution in [0.15, 0.2) is 36.9 Å². The van der Waals surface area contributed by atoms with Gasteiger partial charge in [-0.1, -0.05) is 31.6 Å². The molecule has 1 rings (SSSR count). The Balaban J connectivity index is 2.79. The fourth-order valence-electron chi connectivity index (χ4n) is 2.15. The fraction of sp³-hybridized carbons (Fsp3) is 0.438. The van der Waals surface area contributed by atoms with E-state index in [1.165, 1.54) is 25.5 Å². The Bertz CT molecular complexity index is 379. The van der Waals surface area contributed by atoms with Gasteiger partial charge in [0.25, 0.3) is 0 Å². The maximum Gasteiger partial charge on any atom is 0.337 e. The molecule has 0 amide bonds. The minimum Gasteiger partial charge on any atom is -0.465 e. The summed E-state index contributed by atoms with van der Waals surface area (Å²) in [4.78, 5) is 11.4. The van der Waals surface area contributed by atoms with Gasteiger partial charge < -0.3 is 4.74 Å². The summed E-state index contributed by atoms with van der Waals surface area (Å²) < 4.78 is 4.70. The first kappa shape index (κ1) is 14.5. The van der Waals surface area contributed by atoms with Crippen LogP contribution in [0.3, 0.4) is 0 Å². The Hall–Kier alpha value is -1.57. The van der Waals surface area contributed by atoms with Crippen molar-refractivity contribution in [2.75, 3.05) is 7.11 Å². The van der Waals surface area contributed by atoms with E-state index in [1.54, 1.807) is 0 Å². The zero-order valence-corrected chi connectivity index (χ0v) is 11.3. The quantitative estimate of drug-likeness (QED) is 0.529. The summed E-state index contributed by atoms with van der Waals surface area (Å²) in [5, 5.41) is 0. The van der Waals surface area contributed by atoms with Crippen molar-refractivity contribution in [1.82, 2.24) is 0 Å². The lowest BCUT2D eigenvalue weighted by Crippen LogP contribution is -2.03. The summed E-state index contributed by atoms with van der Waals surface area (Å²) in [6.45, 7) is 5.97. The molecule has 0 N–H and O–H groups in total. The molecular formula is C16H22O2. The molecule has 0 aliphatic rings. The Morgan fingerprint density at radius 3 is 2.50 bits per heavy atom. The number of rotatable bonds is 7. The normalized spacial score (nSPS) is 11.9. The van der Waals surface area contributed by atoms with Gasteiger partial charge >= 0.3 is 5.97 Å². The molecule has 1 atom stereocenters. The van der Waals surface area contributed by atoms with Crippen molar-refractivity contribution < 1.29 is 9.53 Å². The van der Waals surface area contributed by atoms with Gasteiger partial charge in [0.05, 0.1) is 12.7 Å². The van der Waals surface area contributed by atoms with E-state index in [9.17, 15) is 4.79 Å². The smallest absolute Gasteiger partial charge is 0.337 e. The molecule has 0 saturated carbocycles. The van der Waals surface area contributed by atoms with Gasteiger partial charge in [-0.25, -0.2) is 4.79 Å². The van der Waals surface area contributed by atoms with Gasteiger partial charge in [0.15, 0.2) is 0 Å². The highest BCUT2D eigenvalue weighted by atomic mass is 16.5. The lowest BCUT2D eigenvalue weighted by Gasteiger charge is -2.16. The molecule has 0 bridgehead atoms. The van der Waals surface area contributed by atoms with Crippen LogP contribution in [0.2, 0.25) is 0 Å². The van der Waals surface area contributed by atoms with E-state index >= 15 is 0 Å². The van der Waals surface area contributed by atoms with Crippen LogP contribution < -0.4 is 0 Å². The highest BCUT2D eigenvalue weighted by Crippen LogP contribution is 2.26. The van der Waals surface area contributed by atoms with E-state index in [0.717, 1.165) is 12.8 Å². The predicted octanol–water partition coefficient (Wildman–Crippen LogP) is 4.32. The highest BCUT2D eigenvalue weighted by molar-refractivity contribution is 5.89. The molecule has 0 radical (unpaired) electrons. The second-order valence-corrected chi connectivity index (χ2v) is 4.47. The second-order valence-electron chi connectivity index (χ2n) is 4.47. The van der Waals surface area contributed by atoms with Crippen LogP contribution >= 0.6 is 0 Å². The molecule has 2 nitrogen and oxygen atoms in total. The van der Waals surface area contributed by atoms with Gasteiger partial charge in [0.2, 0.25) is 0 Å². The number of carbonyl (C=O) groups excluding carboxylic acids is 1. The summed E-state index contributed by atoms with van der Waals surface area (Å²) >= 11 is 0. The molecule has 0 spiro atoms. The average Bonchev–Trinajstić information content (AvgIpc) is 2.43. The molecule has 18 heavy (non-hydrogen) atoms. The van der Waals surface area contributed by atoms with E-state index in [2.05, 4.69) is 13.5 Å². The van der Waals surface area contributed by atoms with Crippen LogP contribution in [0.25, 0.3) is 0 Å². The molecule has 0 heterocycles. The Morgan fingerprint density at radius 1 is 1.33 bits per heavy atom. The molecule has 0 aliphatic heterocycles. The second kappa shape index (κ2) is 7.70. The van der Waals surface area contributed by atoms with Crippen molar-refractivity contribution in [2.45, 2.75) is 38.5 Å². The van der Waals surface area contributed by atoms with Crippen LogP contribution in [-0.4, -0.2) is 13.1 Å². The number of allylic oxidation sites excluding steroid dienone is 1. The number of hydrogen-bond donors (Lipinski definition) is 0. The van der Waals surface area contributed by atoms with Gasteiger partial charge in [0.1, 0.15) is 0 Å². The Morgan fingerprint density at radius 2 is 2.00 bits per heavy atom. The lowest BCUT2D eigenvalue weighted by molar-refractivity contribution is 0.0600. The fourth-order valence-corrected chi connectivity index (χ4v) is 2.15. The van der Waals surface area contributed by atoms with Crippen molar-refractivity contribution >= 4 is 5.97 Å². The summed E-state index contributed by atoms with van der Waals surface area (Å²) in [6.07, 6.45) is 6.45. The number of carbonyl (C=O) groups is 1. The number of hydrogen-bond acceptors (Lipinski definition) is 2. The van der Waals surface area contributed by atoms with Crippen molar-refractivity contribution in [3.63, 3.8) is 0 Å². The molecular weight excluding hydrogens is 224 g/mol. The molecule has 1 aromatic carbocycles. The molecule has 0 aromatic heterocycles. The predicted molar refractivity (Wildman–Crippen MR) is 74.9 cm³/mol. The molecule has 0 aliphatic carbocycles. The summed E-state index contributed by atoms with van der Waals surface area (Å²) in [5.41, 5.74) is 1.91. The van der Waals surface area contributed by atoms with Gasteiger partial charge in [-0.05, 0) is 42.9 Å². The largest absolute Gasteiger partial charge is 0.465 e. The van der Waals surface area contributed by atoms with Crippen molar-refractivity contribution in [3.8, 4) is 0 Å². The van der Waals surface area contributed by atoms with E-state index in [0.29, 0.717) is 11.5 Å². The van der Waals surface area contributed by atoms with Crippen LogP contribution in [0.1, 0.15) is 54.4 Å². The zero-order chi connectivity index (χ0) is 13.4. The van der Waals surface area contributed by atoms with E-state index in [4.69, 9.17) is 4.74 Å². The third-order valence-electron chi connectivity index (χ3n) is 3.16. The molecule has 98 valence electrons. The Labute approximate surface area is 110 Å². The number of methoxy groups -OCH3 is 1. The van der Waals surface area contributed by atoms with Crippen molar-refractivity contribution in [3.05, 3.63) is 48.0 Å². The van der Waals surface area contributed by atoms with E-state index < -0.39 is 0 Å². The number of esters is 1. The van der Waals surface area contributed by atoms with Gasteiger partial charge in [-0.15, -0.1) is 6.58 Å². The first-order valence-corrected chi connectivity index (χ1v) is 6.52. The van der Waals surface area contributed by atoms with Crippen LogP contribution in [0.5, 0.6) is 0 Å². The number of benzene rings is 1. The molecule has 1 aromatic rings. The SMILES string of the molecule is C=CCCC(CCC)c1ccc(C(=O)OC)cc1. The number of ether oxygens (including phenoxy) is 1. The van der Waals surface area contributed by atoms with E-state index in [-0.39, 0.29) is 5.97 Å². The van der Waals surface area contributed by atoms with Crippen molar-refractivity contribution in [1.29, 1.82) is 0 Å². The molecule has 0 saturated heterocycles. The van der Waals surface area contributed by atoms with Crippen LogP contribution in [0.4, 0.5) is 0 Å². The first-order valence-electron chi connectivity index (χ1n) is 6.52. The standard InChI is InChI=1S/C16H22O2/c1-4-6-8-13(7-5-2)14-9-11-15(12-10-14)16(17)18-3/h4,9-13H,1,5-8H2,2-3H3. The molecule has 0 fully saturated rings. The van der Waals surface area contributed by atoms with E-state index in [1.807, 2.05) is 30.3 Å². The minimum atomic E-state index is -0.278.